The Morgan fingerprint density at radius 2 is 1.87 bits per heavy atom. The Kier molecular flexibility index (Phi) is 6.55. The second kappa shape index (κ2) is 8.79. The summed E-state index contributed by atoms with van der Waals surface area (Å²) in [6.45, 7) is 3.05. The fraction of sp³-hybridized carbons (Fsp3) is 0.364. The normalized spacial score (nSPS) is 15.0. The smallest absolute Gasteiger partial charge is 0.332 e. The summed E-state index contributed by atoms with van der Waals surface area (Å²) in [4.78, 5) is 26.1. The lowest BCUT2D eigenvalue weighted by Crippen LogP contribution is -2.36. The fourth-order valence-electron chi connectivity index (χ4n) is 3.27. The van der Waals surface area contributed by atoms with Crippen molar-refractivity contribution in [2.24, 2.45) is 0 Å². The molecule has 0 N–H and O–H groups in total. The molecule has 30 heavy (non-hydrogen) atoms. The van der Waals surface area contributed by atoms with E-state index in [1.54, 1.807) is 17.9 Å². The number of carbonyl (C=O) groups excluding carboxylic acids is 2. The molecule has 1 fully saturated rings. The predicted molar refractivity (Wildman–Crippen MR) is 107 cm³/mol. The van der Waals surface area contributed by atoms with E-state index in [1.807, 2.05) is 0 Å². The SMILES string of the molecule is CC(=O)c1ccc(SCC(=O)N(C2CC2)[C@H](C)c2cccc(C(F)(F)F)c2)c(F)c1. The molecule has 0 radical (unpaired) electrons. The van der Waals surface area contributed by atoms with Gasteiger partial charge in [-0.05, 0) is 56.5 Å². The summed E-state index contributed by atoms with van der Waals surface area (Å²) in [6, 6.07) is 8.54. The van der Waals surface area contributed by atoms with Crippen molar-refractivity contribution in [2.45, 2.75) is 49.8 Å². The van der Waals surface area contributed by atoms with Gasteiger partial charge in [-0.15, -0.1) is 11.8 Å². The highest BCUT2D eigenvalue weighted by atomic mass is 32.2. The van der Waals surface area contributed by atoms with Crippen molar-refractivity contribution in [3.05, 3.63) is 65.0 Å². The van der Waals surface area contributed by atoms with Crippen LogP contribution in [-0.4, -0.2) is 28.4 Å². The van der Waals surface area contributed by atoms with Gasteiger partial charge in [0.05, 0.1) is 17.4 Å². The third kappa shape index (κ3) is 5.22. The monoisotopic (exact) mass is 439 g/mol. The van der Waals surface area contributed by atoms with Gasteiger partial charge in [0.1, 0.15) is 5.82 Å². The zero-order chi connectivity index (χ0) is 22.1. The molecule has 160 valence electrons. The van der Waals surface area contributed by atoms with Crippen molar-refractivity contribution in [1.82, 2.24) is 4.90 Å². The summed E-state index contributed by atoms with van der Waals surface area (Å²) in [5, 5.41) is 0. The summed E-state index contributed by atoms with van der Waals surface area (Å²) >= 11 is 1.01. The summed E-state index contributed by atoms with van der Waals surface area (Å²) in [5.41, 5.74) is -0.0925. The topological polar surface area (TPSA) is 37.4 Å². The van der Waals surface area contributed by atoms with Crippen LogP contribution in [0.2, 0.25) is 0 Å². The zero-order valence-electron chi connectivity index (χ0n) is 16.5. The standard InChI is InChI=1S/C22H21F4NO2S/c1-13(15-4-3-5-17(10-15)22(24,25)26)27(18-7-8-18)21(29)12-30-20-9-6-16(14(2)28)11-19(20)23/h3-6,9-11,13,18H,7-8,12H2,1-2H3/t13-/m1/s1. The molecular weight excluding hydrogens is 418 g/mol. The number of benzene rings is 2. The number of halogens is 4. The van der Waals surface area contributed by atoms with E-state index in [0.29, 0.717) is 5.56 Å². The molecule has 0 spiro atoms. The average molecular weight is 439 g/mol. The number of ketones is 1. The van der Waals surface area contributed by atoms with Crippen LogP contribution in [0.15, 0.2) is 47.4 Å². The molecule has 1 aliphatic carbocycles. The molecule has 1 saturated carbocycles. The summed E-state index contributed by atoms with van der Waals surface area (Å²) in [7, 11) is 0. The quantitative estimate of drug-likeness (QED) is 0.307. The maximum absolute atomic E-state index is 14.2. The van der Waals surface area contributed by atoms with Crippen LogP contribution in [0.4, 0.5) is 17.6 Å². The number of thioether (sulfide) groups is 1. The Hall–Kier alpha value is -2.35. The molecule has 1 atom stereocenters. The third-order valence-electron chi connectivity index (χ3n) is 5.03. The van der Waals surface area contributed by atoms with Gasteiger partial charge in [0.15, 0.2) is 5.78 Å². The van der Waals surface area contributed by atoms with Gasteiger partial charge in [-0.25, -0.2) is 4.39 Å². The predicted octanol–water partition coefficient (Wildman–Crippen LogP) is 5.89. The van der Waals surface area contributed by atoms with E-state index in [-0.39, 0.29) is 33.9 Å². The second-order valence-electron chi connectivity index (χ2n) is 7.32. The first-order valence-electron chi connectivity index (χ1n) is 9.49. The number of rotatable bonds is 7. The van der Waals surface area contributed by atoms with Crippen LogP contribution >= 0.6 is 11.8 Å². The number of amides is 1. The largest absolute Gasteiger partial charge is 0.416 e. The lowest BCUT2D eigenvalue weighted by atomic mass is 10.0. The Labute approximate surface area is 176 Å². The summed E-state index contributed by atoms with van der Waals surface area (Å²) < 4.78 is 53.3. The van der Waals surface area contributed by atoms with Crippen LogP contribution < -0.4 is 0 Å². The minimum absolute atomic E-state index is 0.0208. The molecule has 0 bridgehead atoms. The van der Waals surface area contributed by atoms with Crippen LogP contribution in [0.1, 0.15) is 54.2 Å². The third-order valence-corrected chi connectivity index (χ3v) is 6.06. The fourth-order valence-corrected chi connectivity index (χ4v) is 4.06. The van der Waals surface area contributed by atoms with Crippen LogP contribution in [0.25, 0.3) is 0 Å². The van der Waals surface area contributed by atoms with Gasteiger partial charge in [-0.1, -0.05) is 18.2 Å². The Morgan fingerprint density at radius 3 is 2.43 bits per heavy atom. The molecule has 0 unspecified atom stereocenters. The summed E-state index contributed by atoms with van der Waals surface area (Å²) in [6.07, 6.45) is -2.87. The van der Waals surface area contributed by atoms with E-state index in [0.717, 1.165) is 42.8 Å². The van der Waals surface area contributed by atoms with Crippen LogP contribution in [-0.2, 0) is 11.0 Å². The van der Waals surface area contributed by atoms with Crippen LogP contribution in [0.3, 0.4) is 0 Å². The number of hydrogen-bond donors (Lipinski definition) is 0. The minimum atomic E-state index is -4.45. The van der Waals surface area contributed by atoms with Crippen molar-refractivity contribution in [3.63, 3.8) is 0 Å². The van der Waals surface area contributed by atoms with Gasteiger partial charge in [0.2, 0.25) is 5.91 Å². The van der Waals surface area contributed by atoms with E-state index in [4.69, 9.17) is 0 Å². The Morgan fingerprint density at radius 1 is 1.17 bits per heavy atom. The van der Waals surface area contributed by atoms with Crippen molar-refractivity contribution >= 4 is 23.5 Å². The number of carbonyl (C=O) groups is 2. The Bertz CT molecular complexity index is 956. The lowest BCUT2D eigenvalue weighted by molar-refractivity contribution is -0.137. The van der Waals surface area contributed by atoms with Gasteiger partial charge in [-0.2, -0.15) is 13.2 Å². The highest BCUT2D eigenvalue weighted by molar-refractivity contribution is 8.00. The van der Waals surface area contributed by atoms with Gasteiger partial charge in [0.25, 0.3) is 0 Å². The van der Waals surface area contributed by atoms with Gasteiger partial charge < -0.3 is 4.90 Å². The molecule has 3 rings (SSSR count). The van der Waals surface area contributed by atoms with E-state index >= 15 is 0 Å². The van der Waals surface area contributed by atoms with Crippen LogP contribution in [0, 0.1) is 5.82 Å². The van der Waals surface area contributed by atoms with E-state index in [2.05, 4.69) is 0 Å². The molecule has 1 amide bonds. The minimum Gasteiger partial charge on any atom is -0.332 e. The molecular formula is C22H21F4NO2S. The molecule has 0 saturated heterocycles. The molecule has 3 nitrogen and oxygen atoms in total. The molecule has 2 aromatic rings. The molecule has 8 heteroatoms. The first-order chi connectivity index (χ1) is 14.1. The average Bonchev–Trinajstić information content (AvgIpc) is 3.51. The molecule has 0 aromatic heterocycles. The number of Topliss-reactive ketones (excluding diaryl/α,β-unsaturated/α-hetero) is 1. The lowest BCUT2D eigenvalue weighted by Gasteiger charge is -2.30. The van der Waals surface area contributed by atoms with Crippen LogP contribution in [0.5, 0.6) is 0 Å². The highest BCUT2D eigenvalue weighted by Gasteiger charge is 2.37. The second-order valence-corrected chi connectivity index (χ2v) is 8.34. The Balaban J connectivity index is 1.74. The first-order valence-corrected chi connectivity index (χ1v) is 10.5. The first kappa shape index (κ1) is 22.3. The van der Waals surface area contributed by atoms with Crippen molar-refractivity contribution in [2.75, 3.05) is 5.75 Å². The van der Waals surface area contributed by atoms with E-state index in [1.165, 1.54) is 25.1 Å². The van der Waals surface area contributed by atoms with E-state index in [9.17, 15) is 27.2 Å². The number of hydrogen-bond acceptors (Lipinski definition) is 3. The van der Waals surface area contributed by atoms with Gasteiger partial charge in [-0.3, -0.25) is 9.59 Å². The number of alkyl halides is 3. The van der Waals surface area contributed by atoms with Crippen molar-refractivity contribution in [1.29, 1.82) is 0 Å². The molecule has 1 aliphatic rings. The highest BCUT2D eigenvalue weighted by Crippen LogP contribution is 2.37. The zero-order valence-corrected chi connectivity index (χ0v) is 17.3. The van der Waals surface area contributed by atoms with Gasteiger partial charge >= 0.3 is 6.18 Å². The molecule has 0 aliphatic heterocycles. The maximum Gasteiger partial charge on any atom is 0.416 e. The van der Waals surface area contributed by atoms with E-state index < -0.39 is 23.6 Å². The molecule has 2 aromatic carbocycles. The van der Waals surface area contributed by atoms with Gasteiger partial charge in [0, 0.05) is 16.5 Å². The van der Waals surface area contributed by atoms with Crippen molar-refractivity contribution < 1.29 is 27.2 Å². The van der Waals surface area contributed by atoms with Crippen molar-refractivity contribution in [3.8, 4) is 0 Å². The molecule has 0 heterocycles. The summed E-state index contributed by atoms with van der Waals surface area (Å²) in [5.74, 6) is -1.14. The maximum atomic E-state index is 14.2. The number of nitrogens with zero attached hydrogens (tertiary/aromatic N) is 1.